The molecule has 2 unspecified atom stereocenters. The number of carboxylic acid groups (broad SMARTS) is 1. The maximum atomic E-state index is 13.5. The Morgan fingerprint density at radius 3 is 2.31 bits per heavy atom. The summed E-state index contributed by atoms with van der Waals surface area (Å²) in [6.45, 7) is 3.85. The minimum atomic E-state index is -1.41. The van der Waals surface area contributed by atoms with E-state index in [1.807, 2.05) is 30.3 Å². The second kappa shape index (κ2) is 10.0. The normalized spacial score (nSPS) is 20.9. The lowest BCUT2D eigenvalue weighted by molar-refractivity contribution is -0.385. The van der Waals surface area contributed by atoms with Crippen LogP contribution in [-0.2, 0) is 11.3 Å². The molecule has 35 heavy (non-hydrogen) atoms. The van der Waals surface area contributed by atoms with Gasteiger partial charge in [0.25, 0.3) is 5.69 Å². The number of para-hydroxylation sites is 1. The van der Waals surface area contributed by atoms with Gasteiger partial charge in [0, 0.05) is 44.5 Å². The van der Waals surface area contributed by atoms with Gasteiger partial charge in [-0.1, -0.05) is 48.5 Å². The number of carboxylic acids is 1. The zero-order chi connectivity index (χ0) is 25.1. The summed E-state index contributed by atoms with van der Waals surface area (Å²) in [6.07, 6.45) is 0. The van der Waals surface area contributed by atoms with Gasteiger partial charge in [-0.15, -0.1) is 0 Å². The molecule has 1 saturated heterocycles. The molecule has 2 aliphatic heterocycles. The smallest absolute Gasteiger partial charge is 0.352 e. The summed E-state index contributed by atoms with van der Waals surface area (Å²) < 4.78 is 0. The molecule has 1 N–H and O–H groups in total. The monoisotopic (exact) mass is 479 g/mol. The van der Waals surface area contributed by atoms with Gasteiger partial charge < -0.3 is 10.0 Å². The molecule has 0 bridgehead atoms. The van der Waals surface area contributed by atoms with Crippen LogP contribution in [0, 0.1) is 16.0 Å². The van der Waals surface area contributed by atoms with Gasteiger partial charge in [-0.3, -0.25) is 19.8 Å². The van der Waals surface area contributed by atoms with Crippen molar-refractivity contribution < 1.29 is 24.4 Å². The number of aliphatic carboxylic acids is 1. The molecule has 11 heteroatoms. The van der Waals surface area contributed by atoms with E-state index >= 15 is 0 Å². The molecule has 4 amide bonds. The van der Waals surface area contributed by atoms with E-state index in [-0.39, 0.29) is 17.0 Å². The highest BCUT2D eigenvalue weighted by atomic mass is 16.6. The largest absolute Gasteiger partial charge is 0.481 e. The van der Waals surface area contributed by atoms with E-state index in [9.17, 15) is 29.6 Å². The van der Waals surface area contributed by atoms with Crippen molar-refractivity contribution in [3.05, 3.63) is 75.8 Å². The third kappa shape index (κ3) is 4.90. The van der Waals surface area contributed by atoms with Crippen molar-refractivity contribution in [2.75, 3.05) is 26.2 Å². The Hall–Kier alpha value is -4.12. The third-order valence-corrected chi connectivity index (χ3v) is 6.34. The third-order valence-electron chi connectivity index (χ3n) is 6.34. The highest BCUT2D eigenvalue weighted by molar-refractivity contribution is 6.11. The van der Waals surface area contributed by atoms with Crippen LogP contribution in [-0.4, -0.2) is 74.7 Å². The molecule has 2 aromatic carbocycles. The average Bonchev–Trinajstić information content (AvgIpc) is 2.84. The van der Waals surface area contributed by atoms with Crippen LogP contribution < -0.4 is 0 Å². The zero-order valence-electron chi connectivity index (χ0n) is 19.1. The lowest BCUT2D eigenvalue weighted by Crippen LogP contribution is -2.57. The molecule has 2 aromatic rings. The fraction of sp³-hybridized carbons (Fsp3) is 0.333. The molecule has 0 radical (unpaired) electrons. The molecule has 11 nitrogen and oxygen atoms in total. The predicted octanol–water partition coefficient (Wildman–Crippen LogP) is 3.17. The van der Waals surface area contributed by atoms with Gasteiger partial charge in [0.2, 0.25) is 0 Å². The molecule has 2 aliphatic rings. The Labute approximate surface area is 201 Å². The van der Waals surface area contributed by atoms with Crippen LogP contribution in [0.1, 0.15) is 24.1 Å². The second-order valence-corrected chi connectivity index (χ2v) is 8.51. The number of carbonyl (C=O) groups excluding carboxylic acids is 2. The van der Waals surface area contributed by atoms with Crippen molar-refractivity contribution >= 4 is 29.4 Å². The van der Waals surface area contributed by atoms with Gasteiger partial charge in [0.05, 0.1) is 16.5 Å². The number of nitro benzene ring substituents is 1. The van der Waals surface area contributed by atoms with E-state index < -0.39 is 34.9 Å². The van der Waals surface area contributed by atoms with E-state index in [2.05, 4.69) is 9.89 Å². The van der Waals surface area contributed by atoms with Crippen LogP contribution in [0.15, 0.2) is 59.6 Å². The number of rotatable bonds is 5. The molecule has 0 aliphatic carbocycles. The van der Waals surface area contributed by atoms with Crippen LogP contribution in [0.4, 0.5) is 15.3 Å². The first-order valence-corrected chi connectivity index (χ1v) is 11.2. The van der Waals surface area contributed by atoms with Crippen molar-refractivity contribution in [1.82, 2.24) is 14.7 Å². The number of urea groups is 2. The van der Waals surface area contributed by atoms with Crippen molar-refractivity contribution in [3.63, 3.8) is 0 Å². The van der Waals surface area contributed by atoms with Gasteiger partial charge in [-0.05, 0) is 12.5 Å². The van der Waals surface area contributed by atoms with Crippen LogP contribution in [0.3, 0.4) is 0 Å². The fourth-order valence-electron chi connectivity index (χ4n) is 4.60. The molecule has 0 aromatic heterocycles. The van der Waals surface area contributed by atoms with Crippen LogP contribution in [0.25, 0.3) is 0 Å². The van der Waals surface area contributed by atoms with Crippen LogP contribution in [0.5, 0.6) is 0 Å². The van der Waals surface area contributed by atoms with E-state index in [1.54, 1.807) is 0 Å². The fourth-order valence-corrected chi connectivity index (χ4v) is 4.60. The first-order chi connectivity index (χ1) is 16.8. The summed E-state index contributed by atoms with van der Waals surface area (Å²) in [6, 6.07) is 12.4. The lowest BCUT2D eigenvalue weighted by Gasteiger charge is -2.41. The number of hydrogen-bond donors (Lipinski definition) is 1. The molecule has 0 spiro atoms. The van der Waals surface area contributed by atoms with Crippen LogP contribution >= 0.6 is 0 Å². The number of nitro groups is 1. The minimum Gasteiger partial charge on any atom is -0.481 e. The standard InChI is InChI=1S/C24H25N5O6/c1-16-20(22(30)31)21(18-9-5-6-10-19(18)29(34)35)28(23(32)25-16)24(33)27-13-11-26(12-14-27)15-17-7-3-2-4-8-17/h2-10,20-21H,11-15H2,1H3,(H,30,31). The van der Waals surface area contributed by atoms with Crippen molar-refractivity contribution in [2.24, 2.45) is 10.9 Å². The molecular weight excluding hydrogens is 454 g/mol. The predicted molar refractivity (Wildman–Crippen MR) is 126 cm³/mol. The van der Waals surface area contributed by atoms with Crippen molar-refractivity contribution in [2.45, 2.75) is 19.5 Å². The quantitative estimate of drug-likeness (QED) is 0.514. The Balaban J connectivity index is 1.61. The van der Waals surface area contributed by atoms with Gasteiger partial charge in [-0.25, -0.2) is 19.5 Å². The summed E-state index contributed by atoms with van der Waals surface area (Å²) in [5.41, 5.74) is 0.742. The van der Waals surface area contributed by atoms with Gasteiger partial charge in [0.1, 0.15) is 5.92 Å². The molecule has 182 valence electrons. The Kier molecular flexibility index (Phi) is 6.87. The van der Waals surface area contributed by atoms with E-state index in [1.165, 1.54) is 36.1 Å². The van der Waals surface area contributed by atoms with E-state index in [4.69, 9.17) is 0 Å². The molecule has 0 saturated carbocycles. The van der Waals surface area contributed by atoms with Crippen molar-refractivity contribution in [1.29, 1.82) is 0 Å². The maximum Gasteiger partial charge on any atom is 0.352 e. The highest BCUT2D eigenvalue weighted by Crippen LogP contribution is 2.39. The van der Waals surface area contributed by atoms with Crippen LogP contribution in [0.2, 0.25) is 0 Å². The molecule has 4 rings (SSSR count). The lowest BCUT2D eigenvalue weighted by atomic mass is 9.86. The molecule has 1 fully saturated rings. The Bertz CT molecular complexity index is 1180. The van der Waals surface area contributed by atoms with Gasteiger partial charge in [0.15, 0.2) is 0 Å². The number of benzene rings is 2. The number of nitrogens with zero attached hydrogens (tertiary/aromatic N) is 5. The van der Waals surface area contributed by atoms with E-state index in [0.29, 0.717) is 26.2 Å². The molecular formula is C24H25N5O6. The number of carbonyl (C=O) groups is 3. The SMILES string of the molecule is CC1=NC(=O)N(C(=O)N2CCN(Cc3ccccc3)CC2)C(c2ccccc2[N+](=O)[O-])C1C(=O)O. The van der Waals surface area contributed by atoms with Gasteiger partial charge >= 0.3 is 18.0 Å². The summed E-state index contributed by atoms with van der Waals surface area (Å²) in [7, 11) is 0. The highest BCUT2D eigenvalue weighted by Gasteiger charge is 2.48. The summed E-state index contributed by atoms with van der Waals surface area (Å²) in [4.78, 5) is 57.9. The first kappa shape index (κ1) is 24.0. The summed E-state index contributed by atoms with van der Waals surface area (Å²) in [5.74, 6) is -2.73. The Morgan fingerprint density at radius 2 is 1.69 bits per heavy atom. The van der Waals surface area contributed by atoms with Gasteiger partial charge in [-0.2, -0.15) is 0 Å². The summed E-state index contributed by atoms with van der Waals surface area (Å²) in [5, 5.41) is 21.6. The topological polar surface area (TPSA) is 137 Å². The number of aliphatic imine (C=N–C) groups is 1. The second-order valence-electron chi connectivity index (χ2n) is 8.51. The maximum absolute atomic E-state index is 13.5. The number of amides is 4. The van der Waals surface area contributed by atoms with E-state index in [0.717, 1.165) is 17.0 Å². The molecule has 2 heterocycles. The first-order valence-electron chi connectivity index (χ1n) is 11.2. The number of hydrogen-bond acceptors (Lipinski definition) is 6. The average molecular weight is 479 g/mol. The zero-order valence-corrected chi connectivity index (χ0v) is 19.1. The Morgan fingerprint density at radius 1 is 1.06 bits per heavy atom. The summed E-state index contributed by atoms with van der Waals surface area (Å²) >= 11 is 0. The van der Waals surface area contributed by atoms with Crippen molar-refractivity contribution in [3.8, 4) is 0 Å². The minimum absolute atomic E-state index is 0.0117. The molecule has 2 atom stereocenters. The number of piperazine rings is 1. The number of imide groups is 1.